The molecule has 0 saturated carbocycles. The number of aromatic nitrogens is 5. The van der Waals surface area contributed by atoms with Gasteiger partial charge in [0.2, 0.25) is 11.8 Å². The minimum absolute atomic E-state index is 0.117. The van der Waals surface area contributed by atoms with E-state index in [1.165, 1.54) is 18.2 Å². The van der Waals surface area contributed by atoms with Crippen LogP contribution in [0.1, 0.15) is 94.7 Å². The predicted octanol–water partition coefficient (Wildman–Crippen LogP) is 9.08. The zero-order chi connectivity index (χ0) is 46.9. The van der Waals surface area contributed by atoms with E-state index in [0.717, 1.165) is 101 Å². The van der Waals surface area contributed by atoms with Crippen molar-refractivity contribution in [3.63, 3.8) is 0 Å². The zero-order valence-corrected chi connectivity index (χ0v) is 38.7. The Bertz CT molecular complexity index is 2770. The Labute approximate surface area is 390 Å². The summed E-state index contributed by atoms with van der Waals surface area (Å²) < 4.78 is 7.14. The van der Waals surface area contributed by atoms with Gasteiger partial charge in [-0.1, -0.05) is 82.3 Å². The van der Waals surface area contributed by atoms with Gasteiger partial charge in [-0.15, -0.1) is 0 Å². The van der Waals surface area contributed by atoms with Crippen molar-refractivity contribution in [2.24, 2.45) is 11.8 Å². The Kier molecular flexibility index (Phi) is 12.8. The van der Waals surface area contributed by atoms with Gasteiger partial charge in [-0.2, -0.15) is 0 Å². The Morgan fingerprint density at radius 3 is 1.60 bits per heavy atom. The lowest BCUT2D eigenvalue weighted by Gasteiger charge is -2.30. The molecule has 15 nitrogen and oxygen atoms in total. The van der Waals surface area contributed by atoms with E-state index in [4.69, 9.17) is 14.7 Å². The predicted molar refractivity (Wildman–Crippen MR) is 255 cm³/mol. The summed E-state index contributed by atoms with van der Waals surface area (Å²) in [6.07, 6.45) is 8.28. The van der Waals surface area contributed by atoms with Crippen molar-refractivity contribution in [1.82, 2.24) is 44.9 Å². The van der Waals surface area contributed by atoms with Gasteiger partial charge in [0.05, 0.1) is 54.4 Å². The molecule has 2 fully saturated rings. The number of benzene rings is 3. The summed E-state index contributed by atoms with van der Waals surface area (Å²) in [5.41, 5.74) is 11.8. The molecule has 2 saturated heterocycles. The highest BCUT2D eigenvalue weighted by molar-refractivity contribution is 5.87. The van der Waals surface area contributed by atoms with Crippen LogP contribution in [0.5, 0.6) is 0 Å². The summed E-state index contributed by atoms with van der Waals surface area (Å²) in [7, 11) is 1.30. The molecule has 0 radical (unpaired) electrons. The largest absolute Gasteiger partial charge is 0.465 e. The summed E-state index contributed by atoms with van der Waals surface area (Å²) in [6.45, 7) is 8.63. The Morgan fingerprint density at radius 1 is 0.642 bits per heavy atom. The van der Waals surface area contributed by atoms with Crippen LogP contribution in [-0.2, 0) is 27.2 Å². The molecule has 9 rings (SSSR count). The number of alkyl carbamates (subject to hydrolysis) is 1. The third kappa shape index (κ3) is 9.06. The number of amides is 4. The Hall–Kier alpha value is -7.16. The van der Waals surface area contributed by atoms with Crippen molar-refractivity contribution < 1.29 is 29.0 Å². The number of fused-ring (bicyclic) bond motifs is 1. The van der Waals surface area contributed by atoms with Gasteiger partial charge in [-0.3, -0.25) is 9.59 Å². The molecule has 348 valence electrons. The fraction of sp³-hybridized carbons (Fsp3) is 0.385. The Balaban J connectivity index is 0.962. The highest BCUT2D eigenvalue weighted by Crippen LogP contribution is 2.38. The second kappa shape index (κ2) is 19.0. The fourth-order valence-corrected chi connectivity index (χ4v) is 10.1. The first-order chi connectivity index (χ1) is 32.4. The van der Waals surface area contributed by atoms with Crippen molar-refractivity contribution in [3.8, 4) is 50.7 Å². The number of carbonyl (C=O) groups is 4. The van der Waals surface area contributed by atoms with Crippen LogP contribution >= 0.6 is 0 Å². The summed E-state index contributed by atoms with van der Waals surface area (Å²) in [5.74, 6) is 0.725. The van der Waals surface area contributed by atoms with Gasteiger partial charge in [0, 0.05) is 18.8 Å². The molecule has 4 atom stereocenters. The maximum absolute atomic E-state index is 13.7. The molecule has 67 heavy (non-hydrogen) atoms. The van der Waals surface area contributed by atoms with E-state index in [1.54, 1.807) is 11.1 Å². The van der Waals surface area contributed by atoms with Crippen LogP contribution in [0.3, 0.4) is 0 Å². The molecule has 3 aromatic carbocycles. The third-order valence-electron chi connectivity index (χ3n) is 13.7. The highest BCUT2D eigenvalue weighted by atomic mass is 16.5. The Morgan fingerprint density at radius 2 is 1.12 bits per heavy atom. The number of nitrogens with zero attached hydrogens (tertiary/aromatic N) is 5. The molecule has 15 heteroatoms. The molecule has 0 bridgehead atoms. The topological polar surface area (TPSA) is 191 Å². The molecule has 6 aromatic rings. The minimum Gasteiger partial charge on any atom is -0.465 e. The van der Waals surface area contributed by atoms with E-state index in [9.17, 15) is 24.3 Å². The number of H-pyrrole nitrogens is 2. The van der Waals surface area contributed by atoms with Crippen molar-refractivity contribution in [2.75, 3.05) is 20.2 Å². The molecule has 3 aromatic heterocycles. The van der Waals surface area contributed by atoms with Crippen LogP contribution < -0.4 is 10.6 Å². The number of methoxy groups -OCH3 is 1. The molecule has 2 aliphatic heterocycles. The number of likely N-dealkylation sites (tertiary alicyclic amines) is 2. The maximum Gasteiger partial charge on any atom is 0.407 e. The average molecular weight is 906 g/mol. The van der Waals surface area contributed by atoms with Crippen molar-refractivity contribution in [3.05, 3.63) is 114 Å². The lowest BCUT2D eigenvalue weighted by atomic mass is 10.0. The number of carbonyl (C=O) groups excluding carboxylic acids is 3. The number of aryl methyl sites for hydroxylation is 2. The number of hydrogen-bond acceptors (Lipinski definition) is 7. The number of imidazole rings is 2. The van der Waals surface area contributed by atoms with E-state index >= 15 is 0 Å². The summed E-state index contributed by atoms with van der Waals surface area (Å²) in [4.78, 5) is 70.9. The second-order valence-electron chi connectivity index (χ2n) is 18.7. The first-order valence-electron chi connectivity index (χ1n) is 23.5. The van der Waals surface area contributed by atoms with Gasteiger partial charge >= 0.3 is 12.2 Å². The number of hydrogen-bond donors (Lipinski definition) is 5. The lowest BCUT2D eigenvalue weighted by Crippen LogP contribution is -2.51. The van der Waals surface area contributed by atoms with Crippen LogP contribution in [0.4, 0.5) is 9.59 Å². The van der Waals surface area contributed by atoms with Crippen LogP contribution in [0.25, 0.3) is 50.7 Å². The van der Waals surface area contributed by atoms with E-state index in [1.807, 2.05) is 38.8 Å². The SMILES string of the molecule is COC(=O)N[C@H](C(=O)N1CCC[C@H]1c1ncc(-c2ccc(-c3ccc(-c4ccc(-c5cnc([C@@H]6CCCN6C(=O)[C@@H](NC(=O)O)C(C)C)[nH]5)cc4)n3-c3ccc4c(c3)CCC4)cc2)[nH]1)C(C)C. The molecule has 0 spiro atoms. The van der Waals surface area contributed by atoms with Crippen molar-refractivity contribution in [1.29, 1.82) is 0 Å². The van der Waals surface area contributed by atoms with Crippen molar-refractivity contribution in [2.45, 2.75) is 96.8 Å². The monoisotopic (exact) mass is 905 g/mol. The van der Waals surface area contributed by atoms with Gasteiger partial charge in [-0.25, -0.2) is 19.6 Å². The maximum atomic E-state index is 13.7. The summed E-state index contributed by atoms with van der Waals surface area (Å²) >= 11 is 0. The molecule has 5 N–H and O–H groups in total. The molecular weight excluding hydrogens is 847 g/mol. The minimum atomic E-state index is -1.21. The highest BCUT2D eigenvalue weighted by Gasteiger charge is 2.39. The number of rotatable bonds is 13. The number of ether oxygens (including phenoxy) is 1. The van der Waals surface area contributed by atoms with Gasteiger partial charge in [0.15, 0.2) is 0 Å². The third-order valence-corrected chi connectivity index (χ3v) is 13.7. The first-order valence-corrected chi connectivity index (χ1v) is 23.5. The smallest absolute Gasteiger partial charge is 0.407 e. The molecule has 5 heterocycles. The normalized spacial score (nSPS) is 17.8. The average Bonchev–Trinajstić information content (AvgIpc) is 4.19. The van der Waals surface area contributed by atoms with Gasteiger partial charge < -0.3 is 44.8 Å². The number of aromatic amines is 2. The molecule has 1 aliphatic carbocycles. The first kappa shape index (κ1) is 45.0. The van der Waals surface area contributed by atoms with Gasteiger partial charge in [0.25, 0.3) is 0 Å². The standard InChI is InChI=1S/C52H59N9O6/c1-30(2)45(57-51(64)65)49(62)59-25-7-11-43(59)47-53-28-39(55-47)33-13-17-35(18-14-33)41-23-24-42(61(41)38-22-21-32-9-6-10-37(32)27-38)36-19-15-34(16-20-36)40-29-54-48(56-40)44-12-8-26-60(44)50(63)46(31(3)4)58-52(66)67-5/h13-24,27-31,43-46,57H,6-12,25-26H2,1-5H3,(H,53,55)(H,54,56)(H,58,66)(H,64,65)/t43-,44-,45-,46-/m0/s1. The summed E-state index contributed by atoms with van der Waals surface area (Å²) in [5, 5.41) is 14.5. The molecular formula is C52H59N9O6. The quantitative estimate of drug-likeness (QED) is 0.0758. The van der Waals surface area contributed by atoms with Crippen LogP contribution in [0.15, 0.2) is 91.3 Å². The zero-order valence-electron chi connectivity index (χ0n) is 38.7. The van der Waals surface area contributed by atoms with E-state index in [0.29, 0.717) is 18.9 Å². The number of nitrogens with one attached hydrogen (secondary N) is 4. The van der Waals surface area contributed by atoms with E-state index < -0.39 is 24.3 Å². The number of carboxylic acid groups (broad SMARTS) is 1. The van der Waals surface area contributed by atoms with Gasteiger partial charge in [-0.05, 0) is 114 Å². The molecule has 0 unspecified atom stereocenters. The van der Waals surface area contributed by atoms with E-state index in [-0.39, 0.29) is 35.7 Å². The lowest BCUT2D eigenvalue weighted by molar-refractivity contribution is -0.136. The van der Waals surface area contributed by atoms with E-state index in [2.05, 4.69) is 104 Å². The summed E-state index contributed by atoms with van der Waals surface area (Å²) in [6, 6.07) is 26.1. The molecule has 3 aliphatic rings. The van der Waals surface area contributed by atoms with Crippen LogP contribution in [0.2, 0.25) is 0 Å². The second-order valence-corrected chi connectivity index (χ2v) is 18.7. The van der Waals surface area contributed by atoms with Gasteiger partial charge in [0.1, 0.15) is 23.7 Å². The molecule has 4 amide bonds. The van der Waals surface area contributed by atoms with Crippen LogP contribution in [-0.4, -0.2) is 95.7 Å². The van der Waals surface area contributed by atoms with Crippen LogP contribution in [0, 0.1) is 11.8 Å². The van der Waals surface area contributed by atoms with Crippen molar-refractivity contribution >= 4 is 24.0 Å². The fourth-order valence-electron chi connectivity index (χ4n) is 10.1.